The molecule has 2 unspecified atom stereocenters. The van der Waals surface area contributed by atoms with Crippen molar-refractivity contribution in [3.05, 3.63) is 54.0 Å². The number of fused-ring (bicyclic) bond motifs is 3. The summed E-state index contributed by atoms with van der Waals surface area (Å²) >= 11 is 0. The van der Waals surface area contributed by atoms with Gasteiger partial charge < -0.3 is 0 Å². The summed E-state index contributed by atoms with van der Waals surface area (Å²) in [5.41, 5.74) is 3.58. The molecule has 0 radical (unpaired) electrons. The maximum Gasteiger partial charge on any atom is 0.213 e. The molecule has 3 rings (SSSR count). The van der Waals surface area contributed by atoms with Crippen LogP contribution in [0, 0.1) is 5.82 Å². The van der Waals surface area contributed by atoms with Crippen molar-refractivity contribution in [1.82, 2.24) is 0 Å². The maximum atomic E-state index is 13.9. The fraction of sp³-hybridized carbons (Fsp3) is 0.421. The van der Waals surface area contributed by atoms with Crippen LogP contribution < -0.4 is 4.57 Å². The maximum absolute atomic E-state index is 13.9. The van der Waals surface area contributed by atoms with Crippen molar-refractivity contribution in [2.24, 2.45) is 0 Å². The molecule has 2 atom stereocenters. The molecular weight excluding hydrogens is 261 g/mol. The highest BCUT2D eigenvalue weighted by Crippen LogP contribution is 2.49. The molecule has 1 aromatic heterocycles. The van der Waals surface area contributed by atoms with E-state index in [1.54, 1.807) is 12.3 Å². The van der Waals surface area contributed by atoms with Crippen LogP contribution in [0.15, 0.2) is 42.6 Å². The third kappa shape index (κ3) is 1.71. The van der Waals surface area contributed by atoms with Crippen molar-refractivity contribution >= 4 is 0 Å². The van der Waals surface area contributed by atoms with E-state index in [-0.39, 0.29) is 16.8 Å². The van der Waals surface area contributed by atoms with Crippen LogP contribution in [0.4, 0.5) is 4.39 Å². The van der Waals surface area contributed by atoms with Gasteiger partial charge in [0, 0.05) is 19.4 Å². The molecule has 1 aromatic carbocycles. The Hall–Kier alpha value is -1.70. The van der Waals surface area contributed by atoms with E-state index in [1.807, 2.05) is 6.07 Å². The summed E-state index contributed by atoms with van der Waals surface area (Å²) in [6.07, 6.45) is 3.66. The first-order chi connectivity index (χ1) is 9.98. The quantitative estimate of drug-likeness (QED) is 0.710. The van der Waals surface area contributed by atoms with Crippen LogP contribution in [-0.2, 0) is 11.0 Å². The van der Waals surface area contributed by atoms with E-state index in [0.717, 1.165) is 18.5 Å². The molecule has 0 amide bonds. The van der Waals surface area contributed by atoms with Crippen LogP contribution in [-0.4, -0.2) is 0 Å². The highest BCUT2D eigenvalue weighted by Gasteiger charge is 2.56. The molecule has 1 nitrogen and oxygen atoms in total. The second-order valence-electron chi connectivity index (χ2n) is 6.46. The van der Waals surface area contributed by atoms with Crippen molar-refractivity contribution in [1.29, 1.82) is 0 Å². The second kappa shape index (κ2) is 4.66. The number of halogens is 1. The van der Waals surface area contributed by atoms with Crippen molar-refractivity contribution in [2.45, 2.75) is 51.5 Å². The molecule has 2 aromatic rings. The Morgan fingerprint density at radius 2 is 1.71 bits per heavy atom. The van der Waals surface area contributed by atoms with Crippen LogP contribution in [0.25, 0.3) is 11.3 Å². The van der Waals surface area contributed by atoms with Crippen LogP contribution in [0.2, 0.25) is 0 Å². The van der Waals surface area contributed by atoms with Gasteiger partial charge >= 0.3 is 0 Å². The van der Waals surface area contributed by atoms with Crippen molar-refractivity contribution in [3.63, 3.8) is 0 Å². The monoisotopic (exact) mass is 284 g/mol. The molecule has 2 heteroatoms. The lowest BCUT2D eigenvalue weighted by atomic mass is 9.61. The largest absolute Gasteiger partial charge is 0.213 e. The average Bonchev–Trinajstić information content (AvgIpc) is 2.52. The molecule has 0 saturated heterocycles. The van der Waals surface area contributed by atoms with Gasteiger partial charge in [-0.2, -0.15) is 4.57 Å². The van der Waals surface area contributed by atoms with Crippen molar-refractivity contribution in [3.8, 4) is 11.3 Å². The summed E-state index contributed by atoms with van der Waals surface area (Å²) in [6.45, 7) is 9.00. The Balaban J connectivity index is 2.43. The smallest absolute Gasteiger partial charge is 0.200 e. The molecule has 1 aliphatic rings. The third-order valence-corrected chi connectivity index (χ3v) is 5.83. The SMILES string of the molecule is CCC1(C)c2ccccc2-c2ccc(F)c[n+]2C1(C)CC. The summed E-state index contributed by atoms with van der Waals surface area (Å²) < 4.78 is 16.0. The minimum atomic E-state index is -0.170. The Labute approximate surface area is 126 Å². The molecule has 0 aliphatic carbocycles. The van der Waals surface area contributed by atoms with Gasteiger partial charge in [-0.05, 0) is 31.0 Å². The summed E-state index contributed by atoms with van der Waals surface area (Å²) in [5.74, 6) is -0.170. The third-order valence-electron chi connectivity index (χ3n) is 5.83. The summed E-state index contributed by atoms with van der Waals surface area (Å²) in [6, 6.07) is 12.0. The van der Waals surface area contributed by atoms with Gasteiger partial charge in [0.15, 0.2) is 11.4 Å². The predicted molar refractivity (Wildman–Crippen MR) is 83.6 cm³/mol. The number of rotatable bonds is 2. The number of hydrogen-bond acceptors (Lipinski definition) is 0. The van der Waals surface area contributed by atoms with E-state index in [9.17, 15) is 4.39 Å². The first-order valence-corrected chi connectivity index (χ1v) is 7.79. The molecule has 110 valence electrons. The molecule has 0 fully saturated rings. The Bertz CT molecular complexity index is 694. The predicted octanol–water partition coefficient (Wildman–Crippen LogP) is 4.59. The number of pyridine rings is 1. The number of hydrogen-bond donors (Lipinski definition) is 0. The first kappa shape index (κ1) is 14.2. The number of benzene rings is 1. The van der Waals surface area contributed by atoms with E-state index >= 15 is 0 Å². The molecule has 21 heavy (non-hydrogen) atoms. The fourth-order valence-corrected chi connectivity index (χ4v) is 3.98. The van der Waals surface area contributed by atoms with Gasteiger partial charge in [0.1, 0.15) is 0 Å². The zero-order chi connectivity index (χ0) is 15.3. The first-order valence-electron chi connectivity index (χ1n) is 7.79. The van der Waals surface area contributed by atoms with Crippen LogP contribution in [0.5, 0.6) is 0 Å². The summed E-state index contributed by atoms with van der Waals surface area (Å²) in [5, 5.41) is 0. The number of nitrogens with zero attached hydrogens (tertiary/aromatic N) is 1. The fourth-order valence-electron chi connectivity index (χ4n) is 3.98. The van der Waals surface area contributed by atoms with Gasteiger partial charge in [0.05, 0.1) is 11.0 Å². The van der Waals surface area contributed by atoms with E-state index < -0.39 is 0 Å². The standard InChI is InChI=1S/C19H23FN/c1-5-18(3)16-10-8-7-9-15(16)17-12-11-14(20)13-21(17)19(18,4)6-2/h7-13H,5-6H2,1-4H3/q+1. The number of aromatic nitrogens is 1. The Kier molecular flexibility index (Phi) is 3.16. The molecule has 1 aliphatic heterocycles. The normalized spacial score (nSPS) is 27.1. The van der Waals surface area contributed by atoms with E-state index in [0.29, 0.717) is 0 Å². The second-order valence-corrected chi connectivity index (χ2v) is 6.46. The van der Waals surface area contributed by atoms with Crippen LogP contribution in [0.3, 0.4) is 0 Å². The summed E-state index contributed by atoms with van der Waals surface area (Å²) in [7, 11) is 0. The average molecular weight is 284 g/mol. The van der Waals surface area contributed by atoms with E-state index in [1.165, 1.54) is 11.1 Å². The van der Waals surface area contributed by atoms with Crippen molar-refractivity contribution in [2.75, 3.05) is 0 Å². The summed E-state index contributed by atoms with van der Waals surface area (Å²) in [4.78, 5) is 0. The highest BCUT2D eigenvalue weighted by molar-refractivity contribution is 5.65. The lowest BCUT2D eigenvalue weighted by molar-refractivity contribution is -0.766. The molecule has 0 saturated carbocycles. The van der Waals surface area contributed by atoms with Gasteiger partial charge in [-0.15, -0.1) is 0 Å². The minimum absolute atomic E-state index is 0.0101. The van der Waals surface area contributed by atoms with Crippen LogP contribution in [0.1, 0.15) is 46.1 Å². The van der Waals surface area contributed by atoms with Crippen LogP contribution >= 0.6 is 0 Å². The minimum Gasteiger partial charge on any atom is -0.200 e. The Morgan fingerprint density at radius 3 is 2.38 bits per heavy atom. The van der Waals surface area contributed by atoms with Crippen molar-refractivity contribution < 1.29 is 8.96 Å². The van der Waals surface area contributed by atoms with Gasteiger partial charge in [-0.25, -0.2) is 4.39 Å². The molecular formula is C19H23FN+. The topological polar surface area (TPSA) is 3.88 Å². The van der Waals surface area contributed by atoms with Gasteiger partial charge in [-0.3, -0.25) is 0 Å². The lowest BCUT2D eigenvalue weighted by Gasteiger charge is -2.46. The zero-order valence-electron chi connectivity index (χ0n) is 13.3. The molecule has 0 N–H and O–H groups in total. The molecule has 2 heterocycles. The van der Waals surface area contributed by atoms with E-state index in [2.05, 4.69) is 56.5 Å². The van der Waals surface area contributed by atoms with Gasteiger partial charge in [0.2, 0.25) is 11.9 Å². The van der Waals surface area contributed by atoms with Gasteiger partial charge in [0.25, 0.3) is 0 Å². The lowest BCUT2D eigenvalue weighted by Crippen LogP contribution is -2.67. The van der Waals surface area contributed by atoms with E-state index in [4.69, 9.17) is 0 Å². The molecule has 0 spiro atoms. The van der Waals surface area contributed by atoms with Gasteiger partial charge in [-0.1, -0.05) is 32.0 Å². The molecule has 0 bridgehead atoms. The highest BCUT2D eigenvalue weighted by atomic mass is 19.1. The zero-order valence-corrected chi connectivity index (χ0v) is 13.3. The Morgan fingerprint density at radius 1 is 1.00 bits per heavy atom.